The molecule has 1 heterocycles. The van der Waals surface area contributed by atoms with Crippen molar-refractivity contribution in [3.63, 3.8) is 0 Å². The second kappa shape index (κ2) is 2.92. The molecule has 0 saturated carbocycles. The van der Waals surface area contributed by atoms with E-state index in [1.807, 2.05) is 0 Å². The van der Waals surface area contributed by atoms with Crippen molar-refractivity contribution < 1.29 is 14.4 Å². The summed E-state index contributed by atoms with van der Waals surface area (Å²) in [6, 6.07) is 0. The molecule has 0 aromatic rings. The summed E-state index contributed by atoms with van der Waals surface area (Å²) in [5.74, 6) is -0.893. The number of rotatable bonds is 0. The maximum Gasteiger partial charge on any atom is 0.249 e. The van der Waals surface area contributed by atoms with Crippen molar-refractivity contribution in [2.75, 3.05) is 20.1 Å². The molecule has 1 fully saturated rings. The summed E-state index contributed by atoms with van der Waals surface area (Å²) >= 11 is 0. The summed E-state index contributed by atoms with van der Waals surface area (Å²) < 4.78 is 0. The highest BCUT2D eigenvalue weighted by Crippen LogP contribution is 2.02. The molecule has 1 saturated heterocycles. The van der Waals surface area contributed by atoms with Crippen LogP contribution in [0.3, 0.4) is 0 Å². The Balaban J connectivity index is 2.75. The Morgan fingerprint density at radius 1 is 1.25 bits per heavy atom. The normalized spacial score (nSPS) is 18.5. The van der Waals surface area contributed by atoms with Crippen molar-refractivity contribution in [3.8, 4) is 0 Å². The Morgan fingerprint density at radius 2 is 1.83 bits per heavy atom. The molecule has 1 aliphatic rings. The smallest absolute Gasteiger partial charge is 0.249 e. The van der Waals surface area contributed by atoms with Crippen LogP contribution in [0.5, 0.6) is 0 Å². The third-order valence-electron chi connectivity index (χ3n) is 1.77. The number of hydrogen-bond donors (Lipinski definition) is 0. The van der Waals surface area contributed by atoms with Crippen molar-refractivity contribution in [2.45, 2.75) is 6.92 Å². The van der Waals surface area contributed by atoms with Gasteiger partial charge in [-0.3, -0.25) is 19.3 Å². The van der Waals surface area contributed by atoms with Crippen LogP contribution in [0.2, 0.25) is 0 Å². The quantitative estimate of drug-likeness (QED) is 0.460. The fraction of sp³-hybridized carbons (Fsp3) is 0.571. The Morgan fingerprint density at radius 3 is 2.33 bits per heavy atom. The molecule has 1 rings (SSSR count). The van der Waals surface area contributed by atoms with Gasteiger partial charge in [-0.25, -0.2) is 0 Å². The second-order valence-electron chi connectivity index (χ2n) is 2.75. The number of carbonyl (C=O) groups is 3. The van der Waals surface area contributed by atoms with E-state index in [2.05, 4.69) is 0 Å². The molecule has 0 spiro atoms. The lowest BCUT2D eigenvalue weighted by Crippen LogP contribution is -2.53. The van der Waals surface area contributed by atoms with Gasteiger partial charge in [0.2, 0.25) is 17.7 Å². The number of imide groups is 1. The largest absolute Gasteiger partial charge is 0.335 e. The molecule has 0 radical (unpaired) electrons. The van der Waals surface area contributed by atoms with Crippen LogP contribution in [0.15, 0.2) is 0 Å². The molecule has 0 atom stereocenters. The minimum absolute atomic E-state index is 0.00157. The Kier molecular flexibility index (Phi) is 2.12. The molecule has 0 bridgehead atoms. The van der Waals surface area contributed by atoms with Crippen LogP contribution < -0.4 is 0 Å². The van der Waals surface area contributed by atoms with Gasteiger partial charge < -0.3 is 4.90 Å². The van der Waals surface area contributed by atoms with E-state index in [9.17, 15) is 14.4 Å². The summed E-state index contributed by atoms with van der Waals surface area (Å²) in [6.45, 7) is 1.15. The summed E-state index contributed by atoms with van der Waals surface area (Å²) in [4.78, 5) is 35.2. The number of piperazine rings is 1. The second-order valence-corrected chi connectivity index (χ2v) is 2.75. The van der Waals surface area contributed by atoms with E-state index in [1.54, 1.807) is 0 Å². The SMILES string of the molecule is CC(=O)N1CC(=O)N(C)CC1=O. The van der Waals surface area contributed by atoms with Crippen LogP contribution in [0, 0.1) is 0 Å². The molecule has 12 heavy (non-hydrogen) atoms. The molecule has 0 aliphatic carbocycles. The Labute approximate surface area is 69.9 Å². The van der Waals surface area contributed by atoms with Gasteiger partial charge in [0.1, 0.15) is 6.54 Å². The van der Waals surface area contributed by atoms with Crippen LogP contribution >= 0.6 is 0 Å². The summed E-state index contributed by atoms with van der Waals surface area (Å²) in [5, 5.41) is 0. The summed E-state index contributed by atoms with van der Waals surface area (Å²) in [6.07, 6.45) is 0. The van der Waals surface area contributed by atoms with E-state index in [-0.39, 0.29) is 30.8 Å². The first-order valence-electron chi connectivity index (χ1n) is 3.57. The van der Waals surface area contributed by atoms with Crippen LogP contribution in [-0.2, 0) is 14.4 Å². The van der Waals surface area contributed by atoms with Crippen molar-refractivity contribution in [1.82, 2.24) is 9.80 Å². The predicted octanol–water partition coefficient (Wildman–Crippen LogP) is -1.17. The van der Waals surface area contributed by atoms with Gasteiger partial charge >= 0.3 is 0 Å². The lowest BCUT2D eigenvalue weighted by atomic mass is 10.3. The van der Waals surface area contributed by atoms with Crippen molar-refractivity contribution in [3.05, 3.63) is 0 Å². The zero-order chi connectivity index (χ0) is 9.30. The van der Waals surface area contributed by atoms with E-state index in [0.717, 1.165) is 4.90 Å². The average Bonchev–Trinajstić information content (AvgIpc) is 1.96. The third-order valence-corrected chi connectivity index (χ3v) is 1.77. The molecule has 0 aromatic heterocycles. The fourth-order valence-corrected chi connectivity index (χ4v) is 1.01. The standard InChI is InChI=1S/C7H10N2O3/c1-5(10)9-4-6(11)8(2)3-7(9)12/h3-4H2,1-2H3. The average molecular weight is 170 g/mol. The molecule has 0 N–H and O–H groups in total. The maximum absolute atomic E-state index is 11.1. The summed E-state index contributed by atoms with van der Waals surface area (Å²) in [7, 11) is 1.54. The molecule has 5 heteroatoms. The monoisotopic (exact) mass is 170 g/mol. The zero-order valence-electron chi connectivity index (χ0n) is 7.03. The minimum Gasteiger partial charge on any atom is -0.335 e. The van der Waals surface area contributed by atoms with Crippen LogP contribution in [0.1, 0.15) is 6.92 Å². The lowest BCUT2D eigenvalue weighted by molar-refractivity contribution is -0.155. The number of carbonyl (C=O) groups excluding carboxylic acids is 3. The van der Waals surface area contributed by atoms with E-state index in [1.165, 1.54) is 18.9 Å². The summed E-state index contributed by atoms with van der Waals surface area (Å²) in [5.41, 5.74) is 0. The zero-order valence-corrected chi connectivity index (χ0v) is 7.03. The van der Waals surface area contributed by atoms with Gasteiger partial charge in [-0.2, -0.15) is 0 Å². The van der Waals surface area contributed by atoms with E-state index >= 15 is 0 Å². The first kappa shape index (κ1) is 8.70. The van der Waals surface area contributed by atoms with Crippen LogP contribution in [-0.4, -0.2) is 47.7 Å². The lowest BCUT2D eigenvalue weighted by Gasteiger charge is -2.29. The highest BCUT2D eigenvalue weighted by molar-refractivity contribution is 6.02. The minimum atomic E-state index is -0.374. The van der Waals surface area contributed by atoms with Crippen LogP contribution in [0.4, 0.5) is 0 Å². The first-order valence-corrected chi connectivity index (χ1v) is 3.57. The first-order chi connectivity index (χ1) is 5.52. The third kappa shape index (κ3) is 1.44. The van der Waals surface area contributed by atoms with Gasteiger partial charge in [-0.15, -0.1) is 0 Å². The molecule has 1 aliphatic heterocycles. The molecule has 5 nitrogen and oxygen atoms in total. The Hall–Kier alpha value is -1.39. The molecule has 66 valence electrons. The fourth-order valence-electron chi connectivity index (χ4n) is 1.01. The number of likely N-dealkylation sites (N-methyl/N-ethyl adjacent to an activating group) is 1. The number of nitrogens with zero attached hydrogens (tertiary/aromatic N) is 2. The highest BCUT2D eigenvalue weighted by atomic mass is 16.2. The van der Waals surface area contributed by atoms with E-state index in [4.69, 9.17) is 0 Å². The van der Waals surface area contributed by atoms with Gasteiger partial charge in [-0.05, 0) is 0 Å². The molecule has 3 amide bonds. The van der Waals surface area contributed by atoms with Crippen molar-refractivity contribution in [2.24, 2.45) is 0 Å². The molecular formula is C7H10N2O3. The van der Waals surface area contributed by atoms with Gasteiger partial charge in [0, 0.05) is 14.0 Å². The predicted molar refractivity (Wildman–Crippen MR) is 40.0 cm³/mol. The van der Waals surface area contributed by atoms with Crippen molar-refractivity contribution >= 4 is 17.7 Å². The van der Waals surface area contributed by atoms with Crippen LogP contribution in [0.25, 0.3) is 0 Å². The van der Waals surface area contributed by atoms with Gasteiger partial charge in [-0.1, -0.05) is 0 Å². The van der Waals surface area contributed by atoms with Gasteiger partial charge in [0.05, 0.1) is 6.54 Å². The highest BCUT2D eigenvalue weighted by Gasteiger charge is 2.29. The topological polar surface area (TPSA) is 57.7 Å². The van der Waals surface area contributed by atoms with E-state index in [0.29, 0.717) is 0 Å². The Bertz CT molecular complexity index is 249. The van der Waals surface area contributed by atoms with Gasteiger partial charge in [0.15, 0.2) is 0 Å². The molecule has 0 unspecified atom stereocenters. The maximum atomic E-state index is 11.1. The van der Waals surface area contributed by atoms with Gasteiger partial charge in [0.25, 0.3) is 0 Å². The number of hydrogen-bond acceptors (Lipinski definition) is 3. The van der Waals surface area contributed by atoms with E-state index < -0.39 is 0 Å². The molecule has 0 aromatic carbocycles. The number of amides is 3. The van der Waals surface area contributed by atoms with Crippen molar-refractivity contribution in [1.29, 1.82) is 0 Å². The molecular weight excluding hydrogens is 160 g/mol.